The molecule has 0 amide bonds. The van der Waals surface area contributed by atoms with Gasteiger partial charge < -0.3 is 9.47 Å². The molecule has 0 radical (unpaired) electrons. The summed E-state index contributed by atoms with van der Waals surface area (Å²) < 4.78 is 10.4. The first-order valence-electron chi connectivity index (χ1n) is 4.59. The zero-order valence-electron chi connectivity index (χ0n) is 9.57. The minimum Gasteiger partial charge on any atom is -0.480 e. The van der Waals surface area contributed by atoms with Crippen molar-refractivity contribution in [2.45, 2.75) is 19.3 Å². The summed E-state index contributed by atoms with van der Waals surface area (Å²) in [4.78, 5) is 19.8. The highest BCUT2D eigenvalue weighted by molar-refractivity contribution is 9.10. The number of carbonyl (C=O) groups is 1. The van der Waals surface area contributed by atoms with Crippen molar-refractivity contribution < 1.29 is 14.3 Å². The van der Waals surface area contributed by atoms with E-state index in [0.717, 1.165) is 0 Å². The molecule has 0 saturated heterocycles. The van der Waals surface area contributed by atoms with Gasteiger partial charge in [0.15, 0.2) is 0 Å². The Labute approximate surface area is 102 Å². The van der Waals surface area contributed by atoms with E-state index in [0.29, 0.717) is 16.2 Å². The van der Waals surface area contributed by atoms with Crippen LogP contribution in [0.4, 0.5) is 0 Å². The van der Waals surface area contributed by atoms with Crippen LogP contribution in [0.3, 0.4) is 0 Å². The minimum absolute atomic E-state index is 0.361. The van der Waals surface area contributed by atoms with Crippen molar-refractivity contribution in [3.05, 3.63) is 16.5 Å². The van der Waals surface area contributed by atoms with Crippen molar-refractivity contribution in [3.63, 3.8) is 0 Å². The fraction of sp³-hybridized carbons (Fsp3) is 0.500. The van der Waals surface area contributed by atoms with Crippen LogP contribution in [0.1, 0.15) is 19.7 Å². The summed E-state index contributed by atoms with van der Waals surface area (Å²) >= 11 is 3.25. The van der Waals surface area contributed by atoms with Crippen molar-refractivity contribution in [3.8, 4) is 5.88 Å². The van der Waals surface area contributed by atoms with Crippen LogP contribution >= 0.6 is 15.9 Å². The van der Waals surface area contributed by atoms with E-state index in [-0.39, 0.29) is 0 Å². The monoisotopic (exact) mass is 288 g/mol. The van der Waals surface area contributed by atoms with Crippen LogP contribution in [0.25, 0.3) is 0 Å². The van der Waals surface area contributed by atoms with E-state index in [1.165, 1.54) is 14.2 Å². The number of hydrogen-bond acceptors (Lipinski definition) is 5. The number of rotatable bonds is 3. The van der Waals surface area contributed by atoms with Crippen molar-refractivity contribution in [2.24, 2.45) is 0 Å². The Kier molecular flexibility index (Phi) is 3.85. The Bertz CT molecular complexity index is 407. The van der Waals surface area contributed by atoms with Crippen LogP contribution in [0.2, 0.25) is 0 Å². The molecule has 0 aliphatic rings. The van der Waals surface area contributed by atoms with Crippen LogP contribution < -0.4 is 4.74 Å². The van der Waals surface area contributed by atoms with Gasteiger partial charge in [0.1, 0.15) is 11.2 Å². The predicted octanol–water partition coefficient (Wildman–Crippen LogP) is 1.70. The maximum absolute atomic E-state index is 11.6. The van der Waals surface area contributed by atoms with Crippen LogP contribution in [-0.4, -0.2) is 30.2 Å². The first kappa shape index (κ1) is 12.9. The predicted molar refractivity (Wildman–Crippen MR) is 61.3 cm³/mol. The number of ether oxygens (including phenoxy) is 2. The van der Waals surface area contributed by atoms with Crippen LogP contribution in [0.5, 0.6) is 5.88 Å². The maximum atomic E-state index is 11.6. The number of hydrogen-bond donors (Lipinski definition) is 0. The minimum atomic E-state index is -0.900. The van der Waals surface area contributed by atoms with Gasteiger partial charge in [-0.15, -0.1) is 0 Å². The van der Waals surface area contributed by atoms with Gasteiger partial charge in [-0.3, -0.25) is 4.79 Å². The van der Waals surface area contributed by atoms with Gasteiger partial charge in [-0.2, -0.15) is 4.98 Å². The second kappa shape index (κ2) is 4.78. The van der Waals surface area contributed by atoms with E-state index < -0.39 is 11.4 Å². The Balaban J connectivity index is 3.18. The van der Waals surface area contributed by atoms with E-state index in [9.17, 15) is 4.79 Å². The van der Waals surface area contributed by atoms with E-state index in [1.807, 2.05) is 0 Å². The highest BCUT2D eigenvalue weighted by Gasteiger charge is 2.34. The third-order valence-electron chi connectivity index (χ3n) is 2.16. The first-order chi connectivity index (χ1) is 7.43. The molecule has 6 heteroatoms. The van der Waals surface area contributed by atoms with Gasteiger partial charge in [0.25, 0.3) is 0 Å². The quantitative estimate of drug-likeness (QED) is 0.793. The van der Waals surface area contributed by atoms with Crippen molar-refractivity contribution >= 4 is 21.9 Å². The molecule has 1 heterocycles. The Morgan fingerprint density at radius 1 is 1.44 bits per heavy atom. The van der Waals surface area contributed by atoms with Gasteiger partial charge in [-0.1, -0.05) is 0 Å². The third-order valence-corrected chi connectivity index (χ3v) is 2.70. The van der Waals surface area contributed by atoms with Gasteiger partial charge in [0, 0.05) is 6.20 Å². The largest absolute Gasteiger partial charge is 0.480 e. The van der Waals surface area contributed by atoms with Crippen molar-refractivity contribution in [1.82, 2.24) is 9.97 Å². The molecule has 1 aromatic heterocycles. The van der Waals surface area contributed by atoms with Crippen molar-refractivity contribution in [1.29, 1.82) is 0 Å². The lowest BCUT2D eigenvalue weighted by atomic mass is 9.92. The number of aromatic nitrogens is 2. The topological polar surface area (TPSA) is 61.3 Å². The zero-order chi connectivity index (χ0) is 12.3. The second-order valence-corrected chi connectivity index (χ2v) is 4.52. The molecule has 1 aromatic rings. The van der Waals surface area contributed by atoms with E-state index in [4.69, 9.17) is 9.47 Å². The summed E-state index contributed by atoms with van der Waals surface area (Å²) in [6, 6.07) is 0. The fourth-order valence-electron chi connectivity index (χ4n) is 1.14. The van der Waals surface area contributed by atoms with E-state index in [1.54, 1.807) is 20.0 Å². The Morgan fingerprint density at radius 3 is 2.56 bits per heavy atom. The SMILES string of the molecule is COC(=O)C(C)(C)c1ncc(Br)c(OC)n1. The second-order valence-electron chi connectivity index (χ2n) is 3.67. The zero-order valence-corrected chi connectivity index (χ0v) is 11.2. The van der Waals surface area contributed by atoms with Crippen LogP contribution in [-0.2, 0) is 14.9 Å². The summed E-state index contributed by atoms with van der Waals surface area (Å²) in [7, 11) is 2.84. The molecule has 0 bridgehead atoms. The lowest BCUT2D eigenvalue weighted by Gasteiger charge is -2.20. The molecule has 0 N–H and O–H groups in total. The number of halogens is 1. The molecule has 88 valence electrons. The van der Waals surface area contributed by atoms with E-state index >= 15 is 0 Å². The normalized spacial score (nSPS) is 11.1. The molecule has 0 aliphatic heterocycles. The fourth-order valence-corrected chi connectivity index (χ4v) is 1.50. The Hall–Kier alpha value is -1.17. The van der Waals surface area contributed by atoms with E-state index in [2.05, 4.69) is 25.9 Å². The molecule has 0 saturated carbocycles. The Morgan fingerprint density at radius 2 is 2.06 bits per heavy atom. The molecule has 0 aromatic carbocycles. The van der Waals surface area contributed by atoms with Gasteiger partial charge in [0.2, 0.25) is 5.88 Å². The molecule has 0 unspecified atom stereocenters. The molecule has 0 aliphatic carbocycles. The molecule has 0 atom stereocenters. The average molecular weight is 289 g/mol. The lowest BCUT2D eigenvalue weighted by Crippen LogP contribution is -2.32. The third kappa shape index (κ3) is 2.32. The standard InChI is InChI=1S/C10H13BrN2O3/c1-10(2,9(14)16-4)8-12-5-6(11)7(13-8)15-3/h5H,1-4H3. The van der Waals surface area contributed by atoms with Gasteiger partial charge in [-0.05, 0) is 29.8 Å². The number of carbonyl (C=O) groups excluding carboxylic acids is 1. The highest BCUT2D eigenvalue weighted by atomic mass is 79.9. The van der Waals surface area contributed by atoms with Crippen LogP contribution in [0, 0.1) is 0 Å². The van der Waals surface area contributed by atoms with Gasteiger partial charge in [0.05, 0.1) is 18.7 Å². The number of nitrogens with zero attached hydrogens (tertiary/aromatic N) is 2. The smallest absolute Gasteiger partial charge is 0.318 e. The highest BCUT2D eigenvalue weighted by Crippen LogP contribution is 2.26. The van der Waals surface area contributed by atoms with Gasteiger partial charge >= 0.3 is 5.97 Å². The summed E-state index contributed by atoms with van der Waals surface area (Å²) in [5, 5.41) is 0. The maximum Gasteiger partial charge on any atom is 0.318 e. The molecule has 5 nitrogen and oxygen atoms in total. The number of methoxy groups -OCH3 is 2. The van der Waals surface area contributed by atoms with Crippen molar-refractivity contribution in [2.75, 3.05) is 14.2 Å². The number of esters is 1. The molecular formula is C10H13BrN2O3. The molecule has 0 fully saturated rings. The summed E-state index contributed by atoms with van der Waals surface area (Å²) in [6.45, 7) is 3.39. The molecular weight excluding hydrogens is 276 g/mol. The molecule has 16 heavy (non-hydrogen) atoms. The summed E-state index contributed by atoms with van der Waals surface area (Å²) in [6.07, 6.45) is 1.55. The first-order valence-corrected chi connectivity index (χ1v) is 5.38. The van der Waals surface area contributed by atoms with Gasteiger partial charge in [-0.25, -0.2) is 4.98 Å². The lowest BCUT2D eigenvalue weighted by molar-refractivity contribution is -0.146. The van der Waals surface area contributed by atoms with Crippen LogP contribution in [0.15, 0.2) is 10.7 Å². The average Bonchev–Trinajstić information content (AvgIpc) is 2.28. The molecule has 0 spiro atoms. The molecule has 1 rings (SSSR count). The summed E-state index contributed by atoms with van der Waals surface area (Å²) in [5.41, 5.74) is -0.900. The summed E-state index contributed by atoms with van der Waals surface area (Å²) in [5.74, 6) is 0.359.